The van der Waals surface area contributed by atoms with Crippen LogP contribution in [0.4, 0.5) is 4.39 Å². The van der Waals surface area contributed by atoms with Crippen molar-refractivity contribution >= 4 is 11.0 Å². The summed E-state index contributed by atoms with van der Waals surface area (Å²) in [6, 6.07) is 18.8. The molecule has 0 bridgehead atoms. The number of halogens is 1. The summed E-state index contributed by atoms with van der Waals surface area (Å²) >= 11 is 0. The quantitative estimate of drug-likeness (QED) is 0.561. The molecule has 0 saturated carbocycles. The van der Waals surface area contributed by atoms with Crippen molar-refractivity contribution in [1.82, 2.24) is 9.97 Å². The van der Waals surface area contributed by atoms with E-state index in [2.05, 4.69) is 22.1 Å². The Morgan fingerprint density at radius 1 is 0.963 bits per heavy atom. The van der Waals surface area contributed by atoms with E-state index in [0.717, 1.165) is 34.1 Å². The normalized spacial score (nSPS) is 15.7. The second-order valence-corrected chi connectivity index (χ2v) is 6.89. The van der Waals surface area contributed by atoms with Crippen LogP contribution >= 0.6 is 0 Å². The molecule has 0 aliphatic carbocycles. The molecule has 134 valence electrons. The number of aromatic amines is 2. The van der Waals surface area contributed by atoms with Crippen LogP contribution in [0.15, 0.2) is 65.5 Å². The van der Waals surface area contributed by atoms with E-state index in [-0.39, 0.29) is 17.4 Å². The SMILES string of the molecule is O=c1[nH]c2ccc(C[C@@H]3c4ccccc4COc4cc(F)ccc43)cc2[nH]1. The predicted molar refractivity (Wildman–Crippen MR) is 102 cm³/mol. The van der Waals surface area contributed by atoms with Gasteiger partial charge in [-0.15, -0.1) is 0 Å². The molecule has 1 aliphatic heterocycles. The van der Waals surface area contributed by atoms with Crippen LogP contribution in [-0.2, 0) is 13.0 Å². The standard InChI is InChI=1S/C22H17FN2O2/c23-15-6-7-17-18(9-13-5-8-19-20(10-13)25-22(26)24-19)16-4-2-1-3-14(16)12-27-21(17)11-15/h1-8,10-11,18H,9,12H2,(H2,24,25,26)/t18-/m1/s1. The highest BCUT2D eigenvalue weighted by molar-refractivity contribution is 5.75. The second-order valence-electron chi connectivity index (χ2n) is 6.89. The largest absolute Gasteiger partial charge is 0.488 e. The maximum atomic E-state index is 13.8. The van der Waals surface area contributed by atoms with E-state index in [9.17, 15) is 9.18 Å². The molecular formula is C22H17FN2O2. The topological polar surface area (TPSA) is 57.9 Å². The maximum Gasteiger partial charge on any atom is 0.323 e. The zero-order valence-electron chi connectivity index (χ0n) is 14.5. The summed E-state index contributed by atoms with van der Waals surface area (Å²) in [5.41, 5.74) is 5.72. The van der Waals surface area contributed by atoms with Gasteiger partial charge in [0.15, 0.2) is 0 Å². The van der Waals surface area contributed by atoms with Crippen LogP contribution in [0.3, 0.4) is 0 Å². The van der Waals surface area contributed by atoms with Crippen molar-refractivity contribution in [3.05, 3.63) is 99.2 Å². The Hall–Kier alpha value is -3.34. The van der Waals surface area contributed by atoms with Crippen LogP contribution in [0.2, 0.25) is 0 Å². The lowest BCUT2D eigenvalue weighted by molar-refractivity contribution is 0.305. The van der Waals surface area contributed by atoms with E-state index in [1.165, 1.54) is 17.7 Å². The van der Waals surface area contributed by atoms with Crippen molar-refractivity contribution in [3.8, 4) is 5.75 Å². The molecule has 0 fully saturated rings. The summed E-state index contributed by atoms with van der Waals surface area (Å²) in [5, 5.41) is 0. The number of fused-ring (bicyclic) bond motifs is 3. The molecule has 27 heavy (non-hydrogen) atoms. The van der Waals surface area contributed by atoms with Gasteiger partial charge in [0.25, 0.3) is 0 Å². The highest BCUT2D eigenvalue weighted by atomic mass is 19.1. The van der Waals surface area contributed by atoms with E-state index in [4.69, 9.17) is 4.74 Å². The summed E-state index contributed by atoms with van der Waals surface area (Å²) in [5.74, 6) is 0.333. The molecule has 3 aromatic carbocycles. The molecule has 0 amide bonds. The van der Waals surface area contributed by atoms with Gasteiger partial charge in [-0.25, -0.2) is 9.18 Å². The highest BCUT2D eigenvalue weighted by Gasteiger charge is 2.25. The molecule has 0 spiro atoms. The molecule has 1 aromatic heterocycles. The molecular weight excluding hydrogens is 343 g/mol. The summed E-state index contributed by atoms with van der Waals surface area (Å²) < 4.78 is 19.7. The third-order valence-electron chi connectivity index (χ3n) is 5.18. The smallest absolute Gasteiger partial charge is 0.323 e. The van der Waals surface area contributed by atoms with Gasteiger partial charge in [-0.3, -0.25) is 0 Å². The minimum atomic E-state index is -0.301. The van der Waals surface area contributed by atoms with Crippen LogP contribution in [-0.4, -0.2) is 9.97 Å². The molecule has 0 unspecified atom stereocenters. The van der Waals surface area contributed by atoms with Crippen LogP contribution < -0.4 is 10.4 Å². The Kier molecular flexibility index (Phi) is 3.60. The minimum Gasteiger partial charge on any atom is -0.488 e. The maximum absolute atomic E-state index is 13.8. The van der Waals surface area contributed by atoms with Gasteiger partial charge in [0.1, 0.15) is 18.2 Å². The first-order chi connectivity index (χ1) is 13.2. The van der Waals surface area contributed by atoms with Crippen LogP contribution in [0.25, 0.3) is 11.0 Å². The lowest BCUT2D eigenvalue weighted by Gasteiger charge is -2.19. The molecule has 1 atom stereocenters. The number of hydrogen-bond donors (Lipinski definition) is 2. The second kappa shape index (κ2) is 6.13. The van der Waals surface area contributed by atoms with Gasteiger partial charge >= 0.3 is 5.69 Å². The van der Waals surface area contributed by atoms with Gasteiger partial charge in [-0.2, -0.15) is 0 Å². The van der Waals surface area contributed by atoms with Gasteiger partial charge in [-0.05, 0) is 41.3 Å². The van der Waals surface area contributed by atoms with E-state index in [0.29, 0.717) is 12.4 Å². The Morgan fingerprint density at radius 3 is 2.74 bits per heavy atom. The zero-order chi connectivity index (χ0) is 18.4. The van der Waals surface area contributed by atoms with Gasteiger partial charge in [0.05, 0.1) is 11.0 Å². The number of hydrogen-bond acceptors (Lipinski definition) is 2. The predicted octanol–water partition coefficient (Wildman–Crippen LogP) is 4.26. The third-order valence-corrected chi connectivity index (χ3v) is 5.18. The minimum absolute atomic E-state index is 0.0439. The Bertz CT molecular complexity index is 1210. The van der Waals surface area contributed by atoms with E-state index >= 15 is 0 Å². The Balaban J connectivity index is 1.63. The molecule has 4 nitrogen and oxygen atoms in total. The number of nitrogens with one attached hydrogen (secondary N) is 2. The number of H-pyrrole nitrogens is 2. The molecule has 0 saturated heterocycles. The average molecular weight is 360 g/mol. The first-order valence-electron chi connectivity index (χ1n) is 8.88. The monoisotopic (exact) mass is 360 g/mol. The Morgan fingerprint density at radius 2 is 1.81 bits per heavy atom. The van der Waals surface area contributed by atoms with Crippen molar-refractivity contribution in [2.45, 2.75) is 18.9 Å². The molecule has 4 aromatic rings. The summed E-state index contributed by atoms with van der Waals surface area (Å²) in [6.45, 7) is 0.424. The lowest BCUT2D eigenvalue weighted by atomic mass is 9.84. The van der Waals surface area contributed by atoms with Gasteiger partial charge in [0, 0.05) is 17.5 Å². The highest BCUT2D eigenvalue weighted by Crippen LogP contribution is 2.39. The number of ether oxygens (including phenoxy) is 1. The number of benzene rings is 3. The van der Waals surface area contributed by atoms with Gasteiger partial charge < -0.3 is 14.7 Å². The third kappa shape index (κ3) is 2.81. The fourth-order valence-electron chi connectivity index (χ4n) is 3.91. The van der Waals surface area contributed by atoms with Crippen molar-refractivity contribution in [2.24, 2.45) is 0 Å². The van der Waals surface area contributed by atoms with Crippen molar-refractivity contribution < 1.29 is 9.13 Å². The Labute approximate surface area is 154 Å². The summed E-state index contributed by atoms with van der Waals surface area (Å²) in [4.78, 5) is 17.1. The molecule has 5 heteroatoms. The molecule has 5 rings (SSSR count). The van der Waals surface area contributed by atoms with E-state index in [1.807, 2.05) is 36.4 Å². The van der Waals surface area contributed by atoms with E-state index in [1.54, 1.807) is 0 Å². The fraction of sp³-hybridized carbons (Fsp3) is 0.136. The fourth-order valence-corrected chi connectivity index (χ4v) is 3.91. The van der Waals surface area contributed by atoms with Gasteiger partial charge in [0.2, 0.25) is 0 Å². The van der Waals surface area contributed by atoms with Crippen molar-refractivity contribution in [2.75, 3.05) is 0 Å². The first-order valence-corrected chi connectivity index (χ1v) is 8.88. The molecule has 2 heterocycles. The average Bonchev–Trinajstić information content (AvgIpc) is 2.97. The van der Waals surface area contributed by atoms with Crippen molar-refractivity contribution in [1.29, 1.82) is 0 Å². The lowest BCUT2D eigenvalue weighted by Crippen LogP contribution is -2.06. The van der Waals surface area contributed by atoms with Crippen LogP contribution in [0.5, 0.6) is 5.75 Å². The first kappa shape index (κ1) is 15.9. The zero-order valence-corrected chi connectivity index (χ0v) is 14.5. The number of rotatable bonds is 2. The van der Waals surface area contributed by atoms with Crippen LogP contribution in [0, 0.1) is 5.82 Å². The number of imidazole rings is 1. The van der Waals surface area contributed by atoms with Crippen molar-refractivity contribution in [3.63, 3.8) is 0 Å². The van der Waals surface area contributed by atoms with E-state index < -0.39 is 0 Å². The number of aromatic nitrogens is 2. The molecule has 1 aliphatic rings. The van der Waals surface area contributed by atoms with Gasteiger partial charge in [-0.1, -0.05) is 36.4 Å². The summed E-state index contributed by atoms with van der Waals surface area (Å²) in [7, 11) is 0. The molecule has 0 radical (unpaired) electrons. The van der Waals surface area contributed by atoms with Crippen LogP contribution in [0.1, 0.15) is 28.2 Å². The summed E-state index contributed by atoms with van der Waals surface area (Å²) in [6.07, 6.45) is 0.724. The molecule has 2 N–H and O–H groups in total.